The Balaban J connectivity index is 1.53. The number of benzene rings is 3. The maximum Gasteiger partial charge on any atom is 0.138 e. The quantitative estimate of drug-likeness (QED) is 0.514. The van der Waals surface area contributed by atoms with Gasteiger partial charge >= 0.3 is 0 Å². The molecule has 3 aromatic rings. The number of anilines is 2. The Labute approximate surface area is 176 Å². The number of fused-ring (bicyclic) bond motifs is 1. The highest BCUT2D eigenvalue weighted by molar-refractivity contribution is 9.10. The van der Waals surface area contributed by atoms with Crippen molar-refractivity contribution in [2.45, 2.75) is 12.8 Å². The summed E-state index contributed by atoms with van der Waals surface area (Å²) in [7, 11) is 0. The highest BCUT2D eigenvalue weighted by atomic mass is 79.9. The summed E-state index contributed by atoms with van der Waals surface area (Å²) in [5, 5.41) is 0.506. The van der Waals surface area contributed by atoms with E-state index in [9.17, 15) is 0 Å². The molecule has 1 aliphatic heterocycles. The minimum Gasteiger partial charge on any atom is -0.487 e. The highest BCUT2D eigenvalue weighted by Crippen LogP contribution is 2.37. The maximum absolute atomic E-state index is 6.45. The molecule has 28 heavy (non-hydrogen) atoms. The summed E-state index contributed by atoms with van der Waals surface area (Å²) in [6, 6.07) is 19.0. The molecule has 0 aromatic heterocycles. The zero-order valence-corrected chi connectivity index (χ0v) is 17.2. The summed E-state index contributed by atoms with van der Waals surface area (Å²) in [6.07, 6.45) is 1.30. The van der Waals surface area contributed by atoms with Crippen LogP contribution in [0.1, 0.15) is 17.3 Å². The van der Waals surface area contributed by atoms with Crippen LogP contribution in [0.5, 0.6) is 5.75 Å². The summed E-state index contributed by atoms with van der Waals surface area (Å²) in [5.41, 5.74) is 16.5. The Bertz CT molecular complexity index is 1060. The first-order valence-corrected chi connectivity index (χ1v) is 9.83. The molecule has 1 heterocycles. The van der Waals surface area contributed by atoms with Gasteiger partial charge in [0.1, 0.15) is 18.5 Å². The molecule has 0 aliphatic carbocycles. The van der Waals surface area contributed by atoms with Gasteiger partial charge in [-0.3, -0.25) is 0 Å². The van der Waals surface area contributed by atoms with Gasteiger partial charge in [-0.2, -0.15) is 0 Å². The number of nitrogens with zero attached hydrogens (tertiary/aromatic N) is 2. The van der Waals surface area contributed by atoms with Gasteiger partial charge in [0.15, 0.2) is 0 Å². The van der Waals surface area contributed by atoms with Crippen molar-refractivity contribution in [3.05, 3.63) is 81.3 Å². The van der Waals surface area contributed by atoms with Crippen molar-refractivity contribution < 1.29 is 4.74 Å². The number of hydrogen-bond donors (Lipinski definition) is 2. The highest BCUT2D eigenvalue weighted by Gasteiger charge is 2.23. The number of halogens is 2. The molecular formula is C21H18BrClN4O. The van der Waals surface area contributed by atoms with Crippen molar-refractivity contribution >= 4 is 50.9 Å². The molecule has 3 aromatic carbocycles. The van der Waals surface area contributed by atoms with Crippen LogP contribution in [-0.2, 0) is 6.61 Å². The molecule has 4 N–H and O–H groups in total. The predicted molar refractivity (Wildman–Crippen MR) is 118 cm³/mol. The zero-order valence-electron chi connectivity index (χ0n) is 14.8. The van der Waals surface area contributed by atoms with Gasteiger partial charge in [-0.15, -0.1) is 0 Å². The van der Waals surface area contributed by atoms with Crippen molar-refractivity contribution in [1.29, 1.82) is 0 Å². The van der Waals surface area contributed by atoms with Crippen LogP contribution in [0.4, 0.5) is 17.1 Å². The Morgan fingerprint density at radius 2 is 1.96 bits per heavy atom. The van der Waals surface area contributed by atoms with Crippen LogP contribution >= 0.6 is 27.5 Å². The smallest absolute Gasteiger partial charge is 0.138 e. The zero-order chi connectivity index (χ0) is 19.7. The molecule has 0 radical (unpaired) electrons. The van der Waals surface area contributed by atoms with Gasteiger partial charge in [0.25, 0.3) is 0 Å². The molecule has 1 aliphatic rings. The number of nitrogens with two attached hydrogens (primary N) is 2. The summed E-state index contributed by atoms with van der Waals surface area (Å²) < 4.78 is 6.87. The lowest BCUT2D eigenvalue weighted by Gasteiger charge is -2.31. The van der Waals surface area contributed by atoms with Crippen LogP contribution in [0.15, 0.2) is 70.1 Å². The van der Waals surface area contributed by atoms with Crippen molar-refractivity contribution in [3.8, 4) is 5.75 Å². The standard InChI is InChI=1S/C21H18BrClN4O/c22-14-3-1-2-13(8-14)11-28-20-7-5-16(10-18(20)23)27-12-26-19-6-4-15(24)9-17(19)21(27)25/h1-10,12,21H,11,24-25H2. The number of ether oxygens (including phenoxy) is 1. The molecule has 0 saturated carbocycles. The molecule has 0 bridgehead atoms. The molecule has 4 rings (SSSR count). The Morgan fingerprint density at radius 3 is 2.75 bits per heavy atom. The van der Waals surface area contributed by atoms with E-state index >= 15 is 0 Å². The van der Waals surface area contributed by atoms with E-state index in [0.29, 0.717) is 23.1 Å². The first kappa shape index (κ1) is 18.8. The van der Waals surface area contributed by atoms with E-state index in [0.717, 1.165) is 27.0 Å². The third-order valence-electron chi connectivity index (χ3n) is 4.49. The minimum absolute atomic E-state index is 0.402. The number of rotatable bonds is 4. The lowest BCUT2D eigenvalue weighted by Crippen LogP contribution is -2.35. The minimum atomic E-state index is -0.402. The third kappa shape index (κ3) is 3.85. The van der Waals surface area contributed by atoms with Gasteiger partial charge in [0.05, 0.1) is 17.0 Å². The van der Waals surface area contributed by atoms with Gasteiger partial charge in [-0.1, -0.05) is 39.7 Å². The average Bonchev–Trinajstić information content (AvgIpc) is 2.68. The van der Waals surface area contributed by atoms with Crippen LogP contribution in [0.2, 0.25) is 5.02 Å². The Hall–Kier alpha value is -2.54. The fraction of sp³-hybridized carbons (Fsp3) is 0.0952. The number of nitrogen functional groups attached to an aromatic ring is 1. The Morgan fingerprint density at radius 1 is 1.11 bits per heavy atom. The topological polar surface area (TPSA) is 76.9 Å². The summed E-state index contributed by atoms with van der Waals surface area (Å²) in [6.45, 7) is 0.426. The van der Waals surface area contributed by atoms with Crippen molar-refractivity contribution in [1.82, 2.24) is 0 Å². The molecule has 5 nitrogen and oxygen atoms in total. The first-order valence-electron chi connectivity index (χ1n) is 8.65. The van der Waals surface area contributed by atoms with Gasteiger partial charge < -0.3 is 21.1 Å². The van der Waals surface area contributed by atoms with Crippen molar-refractivity contribution in [3.63, 3.8) is 0 Å². The monoisotopic (exact) mass is 456 g/mol. The van der Waals surface area contributed by atoms with Crippen LogP contribution in [0.25, 0.3) is 0 Å². The van der Waals surface area contributed by atoms with Crippen LogP contribution < -0.4 is 21.1 Å². The average molecular weight is 458 g/mol. The number of aliphatic imine (C=N–C) groups is 1. The molecule has 0 saturated heterocycles. The number of hydrogen-bond acceptors (Lipinski definition) is 5. The van der Waals surface area contributed by atoms with Gasteiger partial charge in [-0.25, -0.2) is 4.99 Å². The molecule has 1 unspecified atom stereocenters. The molecule has 0 fully saturated rings. The van der Waals surface area contributed by atoms with E-state index in [4.69, 9.17) is 27.8 Å². The largest absolute Gasteiger partial charge is 0.487 e. The van der Waals surface area contributed by atoms with Gasteiger partial charge in [0, 0.05) is 21.4 Å². The predicted octanol–water partition coefficient (Wildman–Crippen LogP) is 5.40. The molecule has 142 valence electrons. The van der Waals surface area contributed by atoms with Crippen LogP contribution in [0.3, 0.4) is 0 Å². The fourth-order valence-electron chi connectivity index (χ4n) is 3.06. The van der Waals surface area contributed by atoms with Crippen molar-refractivity contribution in [2.75, 3.05) is 10.6 Å². The second-order valence-corrected chi connectivity index (χ2v) is 7.77. The lowest BCUT2D eigenvalue weighted by atomic mass is 10.1. The van der Waals surface area contributed by atoms with E-state index in [1.807, 2.05) is 65.6 Å². The molecule has 7 heteroatoms. The van der Waals surface area contributed by atoms with E-state index in [1.54, 1.807) is 6.34 Å². The Kier molecular flexibility index (Phi) is 5.26. The van der Waals surface area contributed by atoms with E-state index in [1.165, 1.54) is 0 Å². The molecule has 1 atom stereocenters. The van der Waals surface area contributed by atoms with Gasteiger partial charge in [-0.05, 0) is 54.1 Å². The van der Waals surface area contributed by atoms with Crippen LogP contribution in [0, 0.1) is 0 Å². The summed E-state index contributed by atoms with van der Waals surface area (Å²) in [5.74, 6) is 0.609. The van der Waals surface area contributed by atoms with Gasteiger partial charge in [0.2, 0.25) is 0 Å². The summed E-state index contributed by atoms with van der Waals surface area (Å²) in [4.78, 5) is 6.32. The van der Waals surface area contributed by atoms with E-state index < -0.39 is 6.17 Å². The summed E-state index contributed by atoms with van der Waals surface area (Å²) >= 11 is 9.91. The first-order chi connectivity index (χ1) is 13.5. The molecule has 0 spiro atoms. The lowest BCUT2D eigenvalue weighted by molar-refractivity contribution is 0.306. The maximum atomic E-state index is 6.45. The van der Waals surface area contributed by atoms with Crippen molar-refractivity contribution in [2.24, 2.45) is 10.7 Å². The molecular weight excluding hydrogens is 440 g/mol. The molecule has 0 amide bonds. The second-order valence-electron chi connectivity index (χ2n) is 6.45. The third-order valence-corrected chi connectivity index (χ3v) is 5.28. The SMILES string of the molecule is Nc1ccc2c(c1)C(N)N(c1ccc(OCc3cccc(Br)c3)c(Cl)c1)C=N2. The fourth-order valence-corrected chi connectivity index (χ4v) is 3.73. The second kappa shape index (κ2) is 7.83. The normalized spacial score (nSPS) is 15.4. The van der Waals surface area contributed by atoms with E-state index in [-0.39, 0.29) is 0 Å². The van der Waals surface area contributed by atoms with Crippen LogP contribution in [-0.4, -0.2) is 6.34 Å². The van der Waals surface area contributed by atoms with E-state index in [2.05, 4.69) is 20.9 Å².